The summed E-state index contributed by atoms with van der Waals surface area (Å²) in [4.78, 5) is 23.0. The van der Waals surface area contributed by atoms with Crippen LogP contribution in [0.25, 0.3) is 0 Å². The van der Waals surface area contributed by atoms with Crippen molar-refractivity contribution >= 4 is 11.8 Å². The third-order valence-corrected chi connectivity index (χ3v) is 3.05. The zero-order valence-electron chi connectivity index (χ0n) is 12.3. The number of hydrogen-bond acceptors (Lipinski definition) is 4. The van der Waals surface area contributed by atoms with E-state index in [1.54, 1.807) is 32.0 Å². The second-order valence-corrected chi connectivity index (χ2v) is 5.62. The van der Waals surface area contributed by atoms with Gasteiger partial charge in [0.25, 0.3) is 5.91 Å². The van der Waals surface area contributed by atoms with Gasteiger partial charge in [-0.3, -0.25) is 9.59 Å². The quantitative estimate of drug-likeness (QED) is 0.565. The molecule has 6 nitrogen and oxygen atoms in total. The van der Waals surface area contributed by atoms with Gasteiger partial charge in [-0.25, -0.2) is 0 Å². The van der Waals surface area contributed by atoms with Crippen LogP contribution >= 0.6 is 0 Å². The zero-order valence-corrected chi connectivity index (χ0v) is 12.3. The number of nitrogens with two attached hydrogens (primary N) is 1. The molecule has 2 amide bonds. The van der Waals surface area contributed by atoms with E-state index in [-0.39, 0.29) is 0 Å². The summed E-state index contributed by atoms with van der Waals surface area (Å²) >= 11 is 0. The molecule has 21 heavy (non-hydrogen) atoms. The topological polar surface area (TPSA) is 113 Å². The van der Waals surface area contributed by atoms with Crippen molar-refractivity contribution in [1.82, 2.24) is 5.32 Å². The third kappa shape index (κ3) is 5.93. The SMILES string of the molecule is CC(C)(O)CCc1cccc(C(=O)N[C@@H](CO)C(N)=O)c1. The first-order valence-electron chi connectivity index (χ1n) is 6.75. The molecule has 1 aromatic carbocycles. The number of hydrogen-bond donors (Lipinski definition) is 4. The summed E-state index contributed by atoms with van der Waals surface area (Å²) in [6.07, 6.45) is 1.20. The van der Waals surface area contributed by atoms with Crippen molar-refractivity contribution in [2.45, 2.75) is 38.3 Å². The minimum Gasteiger partial charge on any atom is -0.394 e. The standard InChI is InChI=1S/C15H22N2O4/c1-15(2,21)7-6-10-4-3-5-11(8-10)14(20)17-12(9-18)13(16)19/h3-5,8,12,18,21H,6-7,9H2,1-2H3,(H2,16,19)(H,17,20)/t12-/m0/s1. The van der Waals surface area contributed by atoms with E-state index < -0.39 is 30.1 Å². The number of carbonyl (C=O) groups excluding carboxylic acids is 2. The molecule has 0 saturated carbocycles. The van der Waals surface area contributed by atoms with Gasteiger partial charge < -0.3 is 21.3 Å². The Balaban J connectivity index is 2.75. The van der Waals surface area contributed by atoms with Crippen LogP contribution in [-0.4, -0.2) is 40.3 Å². The maximum Gasteiger partial charge on any atom is 0.252 e. The Bertz CT molecular complexity index is 509. The Labute approximate surface area is 124 Å². The highest BCUT2D eigenvalue weighted by Crippen LogP contribution is 2.14. The lowest BCUT2D eigenvalue weighted by molar-refractivity contribution is -0.120. The molecule has 6 heteroatoms. The van der Waals surface area contributed by atoms with Crippen molar-refractivity contribution in [3.05, 3.63) is 35.4 Å². The molecule has 0 radical (unpaired) electrons. The summed E-state index contributed by atoms with van der Waals surface area (Å²) in [5, 5.41) is 21.1. The monoisotopic (exact) mass is 294 g/mol. The van der Waals surface area contributed by atoms with E-state index in [0.29, 0.717) is 18.4 Å². The predicted octanol–water partition coefficient (Wildman–Crippen LogP) is -0.0339. The molecule has 0 saturated heterocycles. The fourth-order valence-electron chi connectivity index (χ4n) is 1.77. The molecule has 0 fully saturated rings. The molecular formula is C15H22N2O4. The molecule has 1 rings (SSSR count). The number of carbonyl (C=O) groups is 2. The highest BCUT2D eigenvalue weighted by molar-refractivity contribution is 5.97. The van der Waals surface area contributed by atoms with Gasteiger partial charge >= 0.3 is 0 Å². The maximum atomic E-state index is 12.0. The number of aryl methyl sites for hydroxylation is 1. The van der Waals surface area contributed by atoms with Crippen molar-refractivity contribution in [1.29, 1.82) is 0 Å². The van der Waals surface area contributed by atoms with E-state index in [9.17, 15) is 14.7 Å². The smallest absolute Gasteiger partial charge is 0.252 e. The van der Waals surface area contributed by atoms with Crippen molar-refractivity contribution < 1.29 is 19.8 Å². The molecule has 0 bridgehead atoms. The molecule has 5 N–H and O–H groups in total. The molecule has 0 heterocycles. The van der Waals surface area contributed by atoms with Crippen LogP contribution in [-0.2, 0) is 11.2 Å². The van der Waals surface area contributed by atoms with Gasteiger partial charge in [0, 0.05) is 5.56 Å². The molecule has 116 valence electrons. The average molecular weight is 294 g/mol. The highest BCUT2D eigenvalue weighted by atomic mass is 16.3. The van der Waals surface area contributed by atoms with Crippen LogP contribution in [0.2, 0.25) is 0 Å². The van der Waals surface area contributed by atoms with Crippen molar-refractivity contribution in [2.24, 2.45) is 5.73 Å². The molecule has 0 aromatic heterocycles. The van der Waals surface area contributed by atoms with Crippen molar-refractivity contribution in [2.75, 3.05) is 6.61 Å². The summed E-state index contributed by atoms with van der Waals surface area (Å²) < 4.78 is 0. The summed E-state index contributed by atoms with van der Waals surface area (Å²) in [5.41, 5.74) is 5.57. The first kappa shape index (κ1) is 17.1. The summed E-state index contributed by atoms with van der Waals surface area (Å²) in [7, 11) is 0. The first-order chi connectivity index (χ1) is 9.73. The number of primary amides is 1. The number of rotatable bonds is 7. The second-order valence-electron chi connectivity index (χ2n) is 5.62. The van der Waals surface area contributed by atoms with Gasteiger partial charge in [-0.05, 0) is 44.4 Å². The fraction of sp³-hybridized carbons (Fsp3) is 0.467. The third-order valence-electron chi connectivity index (χ3n) is 3.05. The lowest BCUT2D eigenvalue weighted by atomic mass is 9.98. The van der Waals surface area contributed by atoms with Gasteiger partial charge in [0.15, 0.2) is 0 Å². The number of aliphatic hydroxyl groups is 2. The van der Waals surface area contributed by atoms with Gasteiger partial charge in [0.1, 0.15) is 6.04 Å². The van der Waals surface area contributed by atoms with E-state index in [4.69, 9.17) is 10.8 Å². The molecule has 0 aliphatic heterocycles. The predicted molar refractivity (Wildman–Crippen MR) is 78.6 cm³/mol. The van der Waals surface area contributed by atoms with Crippen LogP contribution in [0.3, 0.4) is 0 Å². The Kier molecular flexibility index (Phi) is 5.87. The largest absolute Gasteiger partial charge is 0.394 e. The minimum absolute atomic E-state index is 0.378. The Hall–Kier alpha value is -1.92. The van der Waals surface area contributed by atoms with Crippen molar-refractivity contribution in [3.63, 3.8) is 0 Å². The molecule has 1 atom stereocenters. The highest BCUT2D eigenvalue weighted by Gasteiger charge is 2.18. The van der Waals surface area contributed by atoms with Gasteiger partial charge in [-0.1, -0.05) is 12.1 Å². The minimum atomic E-state index is -1.10. The Morgan fingerprint density at radius 3 is 2.57 bits per heavy atom. The Morgan fingerprint density at radius 2 is 2.05 bits per heavy atom. The number of amides is 2. The van der Waals surface area contributed by atoms with Gasteiger partial charge in [-0.15, -0.1) is 0 Å². The van der Waals surface area contributed by atoms with Crippen LogP contribution in [0.15, 0.2) is 24.3 Å². The molecule has 0 spiro atoms. The van der Waals surface area contributed by atoms with Crippen LogP contribution in [0.5, 0.6) is 0 Å². The average Bonchev–Trinajstić information content (AvgIpc) is 2.41. The molecular weight excluding hydrogens is 272 g/mol. The molecule has 0 aliphatic rings. The van der Waals surface area contributed by atoms with Gasteiger partial charge in [-0.2, -0.15) is 0 Å². The van der Waals surface area contributed by atoms with Crippen LogP contribution in [0.4, 0.5) is 0 Å². The summed E-state index contributed by atoms with van der Waals surface area (Å²) in [5.74, 6) is -1.26. The first-order valence-corrected chi connectivity index (χ1v) is 6.75. The van der Waals surface area contributed by atoms with Crippen LogP contribution < -0.4 is 11.1 Å². The van der Waals surface area contributed by atoms with E-state index in [2.05, 4.69) is 5.32 Å². The van der Waals surface area contributed by atoms with E-state index >= 15 is 0 Å². The lowest BCUT2D eigenvalue weighted by Crippen LogP contribution is -2.46. The van der Waals surface area contributed by atoms with Crippen molar-refractivity contribution in [3.8, 4) is 0 Å². The number of aliphatic hydroxyl groups excluding tert-OH is 1. The van der Waals surface area contributed by atoms with Crippen LogP contribution in [0.1, 0.15) is 36.2 Å². The summed E-state index contributed by atoms with van der Waals surface area (Å²) in [6.45, 7) is 2.91. The molecule has 0 aliphatic carbocycles. The Morgan fingerprint density at radius 1 is 1.38 bits per heavy atom. The summed E-state index contributed by atoms with van der Waals surface area (Å²) in [6, 6.07) is 5.79. The second kappa shape index (κ2) is 7.19. The van der Waals surface area contributed by atoms with E-state index in [0.717, 1.165) is 5.56 Å². The van der Waals surface area contributed by atoms with E-state index in [1.165, 1.54) is 0 Å². The lowest BCUT2D eigenvalue weighted by Gasteiger charge is -2.17. The number of nitrogens with one attached hydrogen (secondary N) is 1. The van der Waals surface area contributed by atoms with E-state index in [1.807, 2.05) is 6.07 Å². The normalized spacial score (nSPS) is 12.8. The zero-order chi connectivity index (χ0) is 16.0. The molecule has 0 unspecified atom stereocenters. The van der Waals surface area contributed by atoms with Crippen LogP contribution in [0, 0.1) is 0 Å². The van der Waals surface area contributed by atoms with Gasteiger partial charge in [0.05, 0.1) is 12.2 Å². The number of benzene rings is 1. The molecule has 1 aromatic rings. The fourth-order valence-corrected chi connectivity index (χ4v) is 1.77. The van der Waals surface area contributed by atoms with Gasteiger partial charge in [0.2, 0.25) is 5.91 Å². The maximum absolute atomic E-state index is 12.0.